The zero-order chi connectivity index (χ0) is 29.1. The van der Waals surface area contributed by atoms with Gasteiger partial charge in [0, 0.05) is 43.7 Å². The zero-order valence-electron chi connectivity index (χ0n) is 20.7. The van der Waals surface area contributed by atoms with Crippen LogP contribution < -0.4 is 0 Å². The lowest BCUT2D eigenvalue weighted by atomic mass is 9.99. The molecule has 0 bridgehead atoms. The average Bonchev–Trinajstić information content (AvgIpc) is 3.45. The minimum absolute atomic E-state index is 0.311. The number of nitrogens with zero attached hydrogens (tertiary/aromatic N) is 6. The van der Waals surface area contributed by atoms with Crippen LogP contribution in [-0.2, 0) is 34.0 Å². The molecule has 0 saturated carbocycles. The van der Waals surface area contributed by atoms with E-state index in [1.165, 1.54) is 5.69 Å². The molecule has 0 aliphatic carbocycles. The van der Waals surface area contributed by atoms with Gasteiger partial charge in [-0.15, -0.1) is 16.4 Å². The third-order valence-electron chi connectivity index (χ3n) is 4.71. The summed E-state index contributed by atoms with van der Waals surface area (Å²) < 4.78 is 71.4. The third kappa shape index (κ3) is 11.7. The summed E-state index contributed by atoms with van der Waals surface area (Å²) in [6.45, 7) is 8.02. The van der Waals surface area contributed by atoms with Crippen LogP contribution in [0, 0.1) is 0 Å². The summed E-state index contributed by atoms with van der Waals surface area (Å²) in [6.07, 6.45) is -8.30. The first kappa shape index (κ1) is 33.2. The monoisotopic (exact) mass is 578 g/mol. The van der Waals surface area contributed by atoms with Gasteiger partial charge in [0.15, 0.2) is 0 Å². The molecule has 0 aromatic carbocycles. The van der Waals surface area contributed by atoms with Gasteiger partial charge in [0.05, 0.1) is 25.5 Å². The summed E-state index contributed by atoms with van der Waals surface area (Å²) in [4.78, 5) is 26.7. The molecule has 3 rings (SSSR count). The van der Waals surface area contributed by atoms with E-state index in [9.17, 15) is 26.3 Å². The van der Waals surface area contributed by atoms with Crippen LogP contribution in [0.5, 0.6) is 0 Å². The van der Waals surface area contributed by atoms with Crippen LogP contribution >= 0.6 is 11.3 Å². The highest BCUT2D eigenvalue weighted by molar-refractivity contribution is 7.09. The Bertz CT molecular complexity index is 976. The number of aliphatic carboxylic acids is 2. The lowest BCUT2D eigenvalue weighted by Gasteiger charge is -2.31. The van der Waals surface area contributed by atoms with Crippen molar-refractivity contribution >= 4 is 23.3 Å². The van der Waals surface area contributed by atoms with Gasteiger partial charge in [-0.2, -0.15) is 26.3 Å². The second kappa shape index (κ2) is 14.9. The summed E-state index contributed by atoms with van der Waals surface area (Å²) in [6, 6.07) is 0. The molecule has 2 N–H and O–H groups in total. The molecule has 0 amide bonds. The van der Waals surface area contributed by atoms with Crippen molar-refractivity contribution in [1.82, 2.24) is 29.8 Å². The number of carbonyl (C=O) groups is 2. The Morgan fingerprint density at radius 2 is 1.74 bits per heavy atom. The molecular weight excluding hydrogens is 550 g/mol. The summed E-state index contributed by atoms with van der Waals surface area (Å²) in [5.74, 6) is -5.20. The standard InChI is InChI=1S/C16H26N6OS.2C2HF3O2/c1-4-22-16-13(12-23-7-6-20(2)3)9-21(10-14(16)18-19-22)11-15-17-5-8-24-15;2*3-2(4,5)1(6)7/h5,8,13H,4,6-7,9-12H2,1-3H3;2*(H,6,7). The lowest BCUT2D eigenvalue weighted by molar-refractivity contribution is -0.193. The number of halogens is 6. The van der Waals surface area contributed by atoms with Gasteiger partial charge in [0.2, 0.25) is 0 Å². The first-order valence-corrected chi connectivity index (χ1v) is 11.8. The zero-order valence-corrected chi connectivity index (χ0v) is 21.5. The van der Waals surface area contributed by atoms with Crippen molar-refractivity contribution in [2.45, 2.75) is 44.8 Å². The SMILES string of the molecule is CCn1nnc2c1C(COCCN(C)C)CN(Cc1nccs1)C2.O=C(O)C(F)(F)F.O=C(O)C(F)(F)F. The van der Waals surface area contributed by atoms with Crippen LogP contribution in [-0.4, -0.2) is 105 Å². The minimum Gasteiger partial charge on any atom is -0.475 e. The molecule has 1 aliphatic heterocycles. The Morgan fingerprint density at radius 1 is 1.16 bits per heavy atom. The number of hydrogen-bond acceptors (Lipinski definition) is 9. The Hall–Kier alpha value is -2.83. The Morgan fingerprint density at radius 3 is 2.18 bits per heavy atom. The average molecular weight is 579 g/mol. The molecule has 1 atom stereocenters. The van der Waals surface area contributed by atoms with E-state index in [2.05, 4.69) is 46.1 Å². The fourth-order valence-electron chi connectivity index (χ4n) is 3.07. The van der Waals surface area contributed by atoms with Gasteiger partial charge in [-0.05, 0) is 21.0 Å². The normalized spacial score (nSPS) is 15.7. The largest absolute Gasteiger partial charge is 0.490 e. The summed E-state index contributed by atoms with van der Waals surface area (Å²) in [5.41, 5.74) is 2.33. The van der Waals surface area contributed by atoms with Gasteiger partial charge in [-0.3, -0.25) is 4.90 Å². The lowest BCUT2D eigenvalue weighted by Crippen LogP contribution is -2.36. The van der Waals surface area contributed by atoms with Crippen molar-refractivity contribution in [3.8, 4) is 0 Å². The number of aryl methyl sites for hydroxylation is 1. The van der Waals surface area contributed by atoms with E-state index in [0.717, 1.165) is 50.0 Å². The van der Waals surface area contributed by atoms with Gasteiger partial charge in [0.25, 0.3) is 0 Å². The number of hydrogen-bond donors (Lipinski definition) is 2. The maximum Gasteiger partial charge on any atom is 0.490 e. The highest BCUT2D eigenvalue weighted by Crippen LogP contribution is 2.28. The van der Waals surface area contributed by atoms with Crippen LogP contribution in [0.3, 0.4) is 0 Å². The van der Waals surface area contributed by atoms with Crippen LogP contribution in [0.15, 0.2) is 11.6 Å². The summed E-state index contributed by atoms with van der Waals surface area (Å²) in [7, 11) is 4.13. The van der Waals surface area contributed by atoms with Gasteiger partial charge < -0.3 is 19.8 Å². The molecule has 0 radical (unpaired) electrons. The molecule has 3 heterocycles. The number of thiazole rings is 1. The van der Waals surface area contributed by atoms with Gasteiger partial charge >= 0.3 is 24.3 Å². The van der Waals surface area contributed by atoms with E-state index < -0.39 is 24.3 Å². The molecule has 216 valence electrons. The number of likely N-dealkylation sites (N-methyl/N-ethyl adjacent to an activating group) is 1. The molecule has 0 fully saturated rings. The molecule has 2 aromatic rings. The van der Waals surface area contributed by atoms with Crippen LogP contribution in [0.4, 0.5) is 26.3 Å². The topological polar surface area (TPSA) is 134 Å². The third-order valence-corrected chi connectivity index (χ3v) is 5.48. The predicted octanol–water partition coefficient (Wildman–Crippen LogP) is 2.70. The van der Waals surface area contributed by atoms with E-state index in [4.69, 9.17) is 24.5 Å². The fourth-order valence-corrected chi connectivity index (χ4v) is 3.73. The number of ether oxygens (including phenoxy) is 1. The van der Waals surface area contributed by atoms with Gasteiger partial charge in [0.1, 0.15) is 10.7 Å². The van der Waals surface area contributed by atoms with E-state index in [1.54, 1.807) is 11.3 Å². The second-order valence-corrected chi connectivity index (χ2v) is 8.99. The molecule has 18 heteroatoms. The summed E-state index contributed by atoms with van der Waals surface area (Å²) in [5, 5.41) is 26.1. The molecule has 38 heavy (non-hydrogen) atoms. The molecule has 0 spiro atoms. The highest BCUT2D eigenvalue weighted by Gasteiger charge is 2.39. The predicted molar refractivity (Wildman–Crippen MR) is 121 cm³/mol. The van der Waals surface area contributed by atoms with Crippen molar-refractivity contribution in [1.29, 1.82) is 0 Å². The van der Waals surface area contributed by atoms with E-state index >= 15 is 0 Å². The Balaban J connectivity index is 0.000000426. The maximum absolute atomic E-state index is 10.6. The first-order chi connectivity index (χ1) is 17.6. The summed E-state index contributed by atoms with van der Waals surface area (Å²) >= 11 is 1.70. The maximum atomic E-state index is 10.6. The van der Waals surface area contributed by atoms with Crippen molar-refractivity contribution in [2.75, 3.05) is 40.4 Å². The molecular formula is C20H28F6N6O5S. The molecule has 0 saturated heterocycles. The van der Waals surface area contributed by atoms with Crippen LogP contribution in [0.1, 0.15) is 29.2 Å². The van der Waals surface area contributed by atoms with Crippen molar-refractivity contribution in [3.05, 3.63) is 28.0 Å². The number of aromatic nitrogens is 4. The van der Waals surface area contributed by atoms with Gasteiger partial charge in [-0.1, -0.05) is 5.21 Å². The smallest absolute Gasteiger partial charge is 0.475 e. The second-order valence-electron chi connectivity index (χ2n) is 8.01. The number of alkyl halides is 6. The van der Waals surface area contributed by atoms with Crippen LogP contribution in [0.25, 0.3) is 0 Å². The number of rotatable bonds is 8. The van der Waals surface area contributed by atoms with E-state index in [-0.39, 0.29) is 0 Å². The molecule has 2 aromatic heterocycles. The van der Waals surface area contributed by atoms with E-state index in [1.807, 2.05) is 16.3 Å². The van der Waals surface area contributed by atoms with Crippen molar-refractivity contribution in [3.63, 3.8) is 0 Å². The first-order valence-electron chi connectivity index (χ1n) is 10.9. The highest BCUT2D eigenvalue weighted by atomic mass is 32.1. The van der Waals surface area contributed by atoms with E-state index in [0.29, 0.717) is 12.5 Å². The minimum atomic E-state index is -5.08. The van der Waals surface area contributed by atoms with Crippen LogP contribution in [0.2, 0.25) is 0 Å². The van der Waals surface area contributed by atoms with Gasteiger partial charge in [-0.25, -0.2) is 19.3 Å². The molecule has 11 nitrogen and oxygen atoms in total. The molecule has 1 unspecified atom stereocenters. The number of fused-ring (bicyclic) bond motifs is 1. The number of carboxylic acids is 2. The number of carboxylic acid groups (broad SMARTS) is 2. The quantitative estimate of drug-likeness (QED) is 0.356. The van der Waals surface area contributed by atoms with Crippen molar-refractivity contribution < 1.29 is 50.9 Å². The Labute approximate surface area is 217 Å². The Kier molecular flexibility index (Phi) is 13.0. The fraction of sp³-hybridized carbons (Fsp3) is 0.650. The van der Waals surface area contributed by atoms with Crippen molar-refractivity contribution in [2.24, 2.45) is 0 Å². The molecule has 1 aliphatic rings.